The zero-order valence-corrected chi connectivity index (χ0v) is 10.3. The van der Waals surface area contributed by atoms with E-state index in [-0.39, 0.29) is 11.7 Å². The maximum absolute atomic E-state index is 13.9. The van der Waals surface area contributed by atoms with Crippen molar-refractivity contribution >= 4 is 11.6 Å². The number of pyridine rings is 1. The topological polar surface area (TPSA) is 68.0 Å². The van der Waals surface area contributed by atoms with Crippen molar-refractivity contribution in [1.82, 2.24) is 10.3 Å². The third-order valence-electron chi connectivity index (χ3n) is 3.25. The number of nitrogen functional groups attached to an aromatic ring is 1. The quantitative estimate of drug-likeness (QED) is 0.821. The number of carbonyl (C=O) groups is 1. The fraction of sp³-hybridized carbons (Fsp3) is 0.143. The molecule has 1 amide bonds. The number of nitrogens with two attached hydrogens (primary N) is 1. The van der Waals surface area contributed by atoms with E-state index < -0.39 is 0 Å². The summed E-state index contributed by atoms with van der Waals surface area (Å²) >= 11 is 0. The number of nitrogens with one attached hydrogen (secondary N) is 1. The third kappa shape index (κ3) is 1.74. The first-order valence-electron chi connectivity index (χ1n) is 5.91. The lowest BCUT2D eigenvalue weighted by atomic mass is 10.0. The molecule has 0 fully saturated rings. The second-order valence-electron chi connectivity index (χ2n) is 4.53. The van der Waals surface area contributed by atoms with E-state index in [2.05, 4.69) is 10.3 Å². The summed E-state index contributed by atoms with van der Waals surface area (Å²) in [6.07, 6.45) is 0. The Kier molecular flexibility index (Phi) is 2.48. The van der Waals surface area contributed by atoms with Gasteiger partial charge < -0.3 is 11.1 Å². The maximum atomic E-state index is 13.9. The molecule has 1 aliphatic rings. The van der Waals surface area contributed by atoms with Gasteiger partial charge in [0.05, 0.1) is 23.5 Å². The number of halogens is 1. The number of carbonyl (C=O) groups excluding carboxylic acids is 1. The lowest BCUT2D eigenvalue weighted by Crippen LogP contribution is -2.13. The van der Waals surface area contributed by atoms with Gasteiger partial charge in [-0.1, -0.05) is 12.1 Å². The summed E-state index contributed by atoms with van der Waals surface area (Å²) in [4.78, 5) is 15.9. The van der Waals surface area contributed by atoms with Crippen molar-refractivity contribution in [3.63, 3.8) is 0 Å². The van der Waals surface area contributed by atoms with Crippen LogP contribution in [0.5, 0.6) is 0 Å². The zero-order valence-electron chi connectivity index (χ0n) is 10.3. The standard InChI is InChI=1S/C14H12FN3O/c1-7-3-2-4-8(15)12(7)10-5-9(16)13-11(18-10)6-17-14(13)19/h2-5H,6H2,1H3,(H2,16,18)(H,17,19). The molecule has 3 N–H and O–H groups in total. The summed E-state index contributed by atoms with van der Waals surface area (Å²) in [5.41, 5.74) is 8.85. The summed E-state index contributed by atoms with van der Waals surface area (Å²) in [5.74, 6) is -0.569. The normalized spacial score (nSPS) is 13.3. The molecule has 3 rings (SSSR count). The molecule has 5 heteroatoms. The second-order valence-corrected chi connectivity index (χ2v) is 4.53. The van der Waals surface area contributed by atoms with Gasteiger partial charge in [-0.3, -0.25) is 4.79 Å². The number of fused-ring (bicyclic) bond motifs is 1. The highest BCUT2D eigenvalue weighted by Crippen LogP contribution is 2.30. The van der Waals surface area contributed by atoms with Crippen LogP contribution < -0.4 is 11.1 Å². The molecule has 96 valence electrons. The lowest BCUT2D eigenvalue weighted by molar-refractivity contribution is 0.0966. The van der Waals surface area contributed by atoms with E-state index in [0.717, 1.165) is 5.56 Å². The Bertz CT molecular complexity index is 677. The van der Waals surface area contributed by atoms with Crippen LogP contribution in [0.2, 0.25) is 0 Å². The minimum absolute atomic E-state index is 0.225. The van der Waals surface area contributed by atoms with Gasteiger partial charge in [0.15, 0.2) is 0 Å². The Morgan fingerprint density at radius 3 is 2.89 bits per heavy atom. The number of anilines is 1. The van der Waals surface area contributed by atoms with Crippen LogP contribution in [0.3, 0.4) is 0 Å². The monoisotopic (exact) mass is 257 g/mol. The van der Waals surface area contributed by atoms with Crippen molar-refractivity contribution < 1.29 is 9.18 Å². The molecule has 19 heavy (non-hydrogen) atoms. The van der Waals surface area contributed by atoms with Crippen LogP contribution in [0.4, 0.5) is 10.1 Å². The van der Waals surface area contributed by atoms with E-state index in [1.165, 1.54) is 6.07 Å². The van der Waals surface area contributed by atoms with E-state index in [1.807, 2.05) is 13.0 Å². The van der Waals surface area contributed by atoms with Gasteiger partial charge >= 0.3 is 0 Å². The molecule has 2 aromatic rings. The van der Waals surface area contributed by atoms with Crippen LogP contribution in [0.25, 0.3) is 11.3 Å². The highest BCUT2D eigenvalue weighted by Gasteiger charge is 2.25. The van der Waals surface area contributed by atoms with Crippen LogP contribution in [-0.2, 0) is 6.54 Å². The van der Waals surface area contributed by atoms with E-state index in [1.54, 1.807) is 12.1 Å². The number of hydrogen-bond donors (Lipinski definition) is 2. The summed E-state index contributed by atoms with van der Waals surface area (Å²) in [6.45, 7) is 2.15. The number of hydrogen-bond acceptors (Lipinski definition) is 3. The average Bonchev–Trinajstić information content (AvgIpc) is 2.71. The van der Waals surface area contributed by atoms with E-state index >= 15 is 0 Å². The zero-order chi connectivity index (χ0) is 13.6. The van der Waals surface area contributed by atoms with Crippen molar-refractivity contribution in [1.29, 1.82) is 0 Å². The van der Waals surface area contributed by atoms with Crippen LogP contribution in [0.1, 0.15) is 21.6 Å². The molecule has 0 saturated carbocycles. The van der Waals surface area contributed by atoms with Gasteiger partial charge in [0.25, 0.3) is 5.91 Å². The first-order valence-corrected chi connectivity index (χ1v) is 5.91. The predicted octanol–water partition coefficient (Wildman–Crippen LogP) is 2.02. The molecule has 0 radical (unpaired) electrons. The lowest BCUT2D eigenvalue weighted by Gasteiger charge is -2.09. The average molecular weight is 257 g/mol. The molecular formula is C14H12FN3O. The molecule has 1 aromatic heterocycles. The van der Waals surface area contributed by atoms with Crippen LogP contribution in [0, 0.1) is 12.7 Å². The van der Waals surface area contributed by atoms with Crippen molar-refractivity contribution in [3.8, 4) is 11.3 Å². The van der Waals surface area contributed by atoms with Gasteiger partial charge in [-0.25, -0.2) is 9.37 Å². The Morgan fingerprint density at radius 1 is 1.37 bits per heavy atom. The molecular weight excluding hydrogens is 245 g/mol. The van der Waals surface area contributed by atoms with E-state index in [9.17, 15) is 9.18 Å². The summed E-state index contributed by atoms with van der Waals surface area (Å²) < 4.78 is 13.9. The van der Waals surface area contributed by atoms with Gasteiger partial charge in [0.1, 0.15) is 5.82 Å². The summed E-state index contributed by atoms with van der Waals surface area (Å²) in [6, 6.07) is 6.40. The molecule has 2 heterocycles. The predicted molar refractivity (Wildman–Crippen MR) is 70.0 cm³/mol. The number of rotatable bonds is 1. The number of aryl methyl sites for hydroxylation is 1. The Labute approximate surface area is 109 Å². The van der Waals surface area contributed by atoms with Crippen LogP contribution in [-0.4, -0.2) is 10.9 Å². The molecule has 1 aromatic carbocycles. The van der Waals surface area contributed by atoms with Crippen molar-refractivity contribution in [2.75, 3.05) is 5.73 Å². The largest absolute Gasteiger partial charge is 0.398 e. The molecule has 1 aliphatic heterocycles. The van der Waals surface area contributed by atoms with Crippen molar-refractivity contribution in [2.24, 2.45) is 0 Å². The molecule has 0 saturated heterocycles. The van der Waals surface area contributed by atoms with Gasteiger partial charge in [0.2, 0.25) is 0 Å². The summed E-state index contributed by atoms with van der Waals surface area (Å²) in [5, 5.41) is 2.66. The Balaban J connectivity index is 2.23. The number of aromatic nitrogens is 1. The van der Waals surface area contributed by atoms with Crippen LogP contribution >= 0.6 is 0 Å². The van der Waals surface area contributed by atoms with Crippen LogP contribution in [0.15, 0.2) is 24.3 Å². The number of benzene rings is 1. The highest BCUT2D eigenvalue weighted by atomic mass is 19.1. The first kappa shape index (κ1) is 11.6. The smallest absolute Gasteiger partial charge is 0.255 e. The minimum atomic E-state index is -0.343. The van der Waals surface area contributed by atoms with Crippen molar-refractivity contribution in [3.05, 3.63) is 46.9 Å². The molecule has 0 bridgehead atoms. The molecule has 0 spiro atoms. The SMILES string of the molecule is Cc1cccc(F)c1-c1cc(N)c2c(n1)CNC2=O. The van der Waals surface area contributed by atoms with E-state index in [4.69, 9.17) is 5.73 Å². The minimum Gasteiger partial charge on any atom is -0.398 e. The van der Waals surface area contributed by atoms with Crippen molar-refractivity contribution in [2.45, 2.75) is 13.5 Å². The van der Waals surface area contributed by atoms with Gasteiger partial charge in [-0.2, -0.15) is 0 Å². The fourth-order valence-electron chi connectivity index (χ4n) is 2.35. The fourth-order valence-corrected chi connectivity index (χ4v) is 2.35. The maximum Gasteiger partial charge on any atom is 0.255 e. The number of nitrogens with zero attached hydrogens (tertiary/aromatic N) is 1. The molecule has 0 unspecified atom stereocenters. The molecule has 0 aliphatic carbocycles. The Morgan fingerprint density at radius 2 is 2.16 bits per heavy atom. The molecule has 0 atom stereocenters. The first-order chi connectivity index (χ1) is 9.08. The number of amides is 1. The van der Waals surface area contributed by atoms with Gasteiger partial charge in [-0.05, 0) is 24.6 Å². The second kappa shape index (κ2) is 4.05. The Hall–Kier alpha value is -2.43. The third-order valence-corrected chi connectivity index (χ3v) is 3.25. The van der Waals surface area contributed by atoms with Gasteiger partial charge in [-0.15, -0.1) is 0 Å². The molecule has 4 nitrogen and oxygen atoms in total. The van der Waals surface area contributed by atoms with Gasteiger partial charge in [0, 0.05) is 11.3 Å². The highest BCUT2D eigenvalue weighted by molar-refractivity contribution is 6.03. The van der Waals surface area contributed by atoms with E-state index in [0.29, 0.717) is 34.7 Å². The summed E-state index contributed by atoms with van der Waals surface area (Å²) in [7, 11) is 0.